The van der Waals surface area contributed by atoms with E-state index in [-0.39, 0.29) is 11.3 Å². The van der Waals surface area contributed by atoms with E-state index in [2.05, 4.69) is 20.7 Å². The van der Waals surface area contributed by atoms with Gasteiger partial charge in [-0.15, -0.1) is 0 Å². The van der Waals surface area contributed by atoms with Gasteiger partial charge in [0, 0.05) is 4.47 Å². The number of carboxylic acid groups (broad SMARTS) is 1. The Balaban J connectivity index is 2.75. The largest absolute Gasteiger partial charge is 0.478 e. The van der Waals surface area contributed by atoms with E-state index in [4.69, 9.17) is 9.84 Å². The molecule has 0 amide bonds. The van der Waals surface area contributed by atoms with Gasteiger partial charge in [-0.05, 0) is 24.6 Å². The van der Waals surface area contributed by atoms with E-state index in [0.29, 0.717) is 10.0 Å². The van der Waals surface area contributed by atoms with Gasteiger partial charge in [0.2, 0.25) is 0 Å². The summed E-state index contributed by atoms with van der Waals surface area (Å²) in [4.78, 5) is 11.0. The number of halogens is 4. The summed E-state index contributed by atoms with van der Waals surface area (Å²) in [5, 5.41) is 8.98. The van der Waals surface area contributed by atoms with Crippen molar-refractivity contribution < 1.29 is 32.5 Å². The van der Waals surface area contributed by atoms with Crippen LogP contribution in [0.5, 0.6) is 5.75 Å². The van der Waals surface area contributed by atoms with E-state index >= 15 is 0 Å². The van der Waals surface area contributed by atoms with Crippen molar-refractivity contribution in [1.29, 1.82) is 0 Å². The number of hydrogen-bond acceptors (Lipinski definition) is 3. The second-order valence-corrected chi connectivity index (χ2v) is 4.55. The van der Waals surface area contributed by atoms with Crippen molar-refractivity contribution in [2.75, 3.05) is 13.4 Å². The van der Waals surface area contributed by atoms with E-state index < -0.39 is 25.5 Å². The zero-order chi connectivity index (χ0) is 14.6. The SMILES string of the molecule is Cc1cc(Br)cc(C(=O)O)c1OCOCC(F)(F)F. The number of aryl methyl sites for hydroxylation is 1. The summed E-state index contributed by atoms with van der Waals surface area (Å²) in [5.41, 5.74) is 0.324. The maximum Gasteiger partial charge on any atom is 0.411 e. The molecule has 106 valence electrons. The molecule has 1 N–H and O–H groups in total. The summed E-state index contributed by atoms with van der Waals surface area (Å²) in [7, 11) is 0. The summed E-state index contributed by atoms with van der Waals surface area (Å²) >= 11 is 3.12. The zero-order valence-electron chi connectivity index (χ0n) is 9.75. The second-order valence-electron chi connectivity index (χ2n) is 3.63. The zero-order valence-corrected chi connectivity index (χ0v) is 11.3. The molecule has 0 aliphatic heterocycles. The Morgan fingerprint density at radius 2 is 2.05 bits per heavy atom. The van der Waals surface area contributed by atoms with E-state index in [0.717, 1.165) is 0 Å². The predicted octanol–water partition coefficient (Wildman–Crippen LogP) is 3.37. The van der Waals surface area contributed by atoms with Crippen LogP contribution in [0, 0.1) is 6.92 Å². The molecule has 0 saturated carbocycles. The highest BCUT2D eigenvalue weighted by atomic mass is 79.9. The van der Waals surface area contributed by atoms with Crippen molar-refractivity contribution in [1.82, 2.24) is 0 Å². The standard InChI is InChI=1S/C11H10BrF3O4/c1-6-2-7(12)3-8(10(16)17)9(6)19-5-18-4-11(13,14)15/h2-3H,4-5H2,1H3,(H,16,17). The third kappa shape index (κ3) is 5.07. The van der Waals surface area contributed by atoms with Crippen LogP contribution in [-0.2, 0) is 4.74 Å². The molecule has 0 aliphatic carbocycles. The maximum absolute atomic E-state index is 11.8. The topological polar surface area (TPSA) is 55.8 Å². The first-order valence-electron chi connectivity index (χ1n) is 5.01. The van der Waals surface area contributed by atoms with Crippen molar-refractivity contribution >= 4 is 21.9 Å². The van der Waals surface area contributed by atoms with Crippen LogP contribution < -0.4 is 4.74 Å². The van der Waals surface area contributed by atoms with Crippen molar-refractivity contribution in [3.05, 3.63) is 27.7 Å². The molecule has 0 saturated heterocycles. The number of ether oxygens (including phenoxy) is 2. The molecule has 8 heteroatoms. The minimum atomic E-state index is -4.45. The van der Waals surface area contributed by atoms with Gasteiger partial charge in [-0.1, -0.05) is 15.9 Å². The lowest BCUT2D eigenvalue weighted by Gasteiger charge is -2.13. The van der Waals surface area contributed by atoms with Gasteiger partial charge in [0.25, 0.3) is 0 Å². The third-order valence-electron chi connectivity index (χ3n) is 2.02. The molecular weight excluding hydrogens is 333 g/mol. The summed E-state index contributed by atoms with van der Waals surface area (Å²) < 4.78 is 45.3. The normalized spacial score (nSPS) is 11.4. The van der Waals surface area contributed by atoms with E-state index in [1.807, 2.05) is 0 Å². The second kappa shape index (κ2) is 6.25. The Labute approximate surface area is 115 Å². The Bertz CT molecular complexity index is 474. The van der Waals surface area contributed by atoms with Crippen LogP contribution in [0.3, 0.4) is 0 Å². The number of rotatable bonds is 5. The average molecular weight is 343 g/mol. The fraction of sp³-hybridized carbons (Fsp3) is 0.364. The van der Waals surface area contributed by atoms with Crippen LogP contribution >= 0.6 is 15.9 Å². The molecule has 0 aliphatic rings. The van der Waals surface area contributed by atoms with E-state index in [1.54, 1.807) is 13.0 Å². The summed E-state index contributed by atoms with van der Waals surface area (Å²) in [6.45, 7) is -0.552. The van der Waals surface area contributed by atoms with Gasteiger partial charge < -0.3 is 14.6 Å². The lowest BCUT2D eigenvalue weighted by atomic mass is 10.1. The highest BCUT2D eigenvalue weighted by Gasteiger charge is 2.27. The monoisotopic (exact) mass is 342 g/mol. The van der Waals surface area contributed by atoms with Crippen LogP contribution in [0.1, 0.15) is 15.9 Å². The van der Waals surface area contributed by atoms with Crippen molar-refractivity contribution in [3.63, 3.8) is 0 Å². The lowest BCUT2D eigenvalue weighted by Crippen LogP contribution is -2.19. The highest BCUT2D eigenvalue weighted by Crippen LogP contribution is 2.28. The first-order valence-corrected chi connectivity index (χ1v) is 5.81. The van der Waals surface area contributed by atoms with Crippen LogP contribution in [0.25, 0.3) is 0 Å². The van der Waals surface area contributed by atoms with Crippen LogP contribution in [0.2, 0.25) is 0 Å². The molecule has 0 radical (unpaired) electrons. The molecule has 0 bridgehead atoms. The molecule has 0 aromatic heterocycles. The minimum absolute atomic E-state index is 0.0159. The molecule has 0 spiro atoms. The number of hydrogen-bond donors (Lipinski definition) is 1. The molecule has 19 heavy (non-hydrogen) atoms. The molecule has 1 aromatic rings. The van der Waals surface area contributed by atoms with E-state index in [1.165, 1.54) is 6.07 Å². The first kappa shape index (κ1) is 15.8. The Morgan fingerprint density at radius 1 is 1.42 bits per heavy atom. The molecule has 4 nitrogen and oxygen atoms in total. The molecule has 0 fully saturated rings. The van der Waals surface area contributed by atoms with Gasteiger partial charge in [-0.2, -0.15) is 13.2 Å². The van der Waals surface area contributed by atoms with Crippen LogP contribution in [0.4, 0.5) is 13.2 Å². The molecule has 0 atom stereocenters. The molecule has 1 rings (SSSR count). The van der Waals surface area contributed by atoms with Gasteiger partial charge in [0.15, 0.2) is 6.79 Å². The van der Waals surface area contributed by atoms with Crippen LogP contribution in [0.15, 0.2) is 16.6 Å². The minimum Gasteiger partial charge on any atom is -0.478 e. The summed E-state index contributed by atoms with van der Waals surface area (Å²) in [6.07, 6.45) is -4.45. The molecule has 1 aromatic carbocycles. The summed E-state index contributed by atoms with van der Waals surface area (Å²) in [6, 6.07) is 2.89. The van der Waals surface area contributed by atoms with Crippen molar-refractivity contribution in [3.8, 4) is 5.75 Å². The molecule has 0 unspecified atom stereocenters. The Morgan fingerprint density at radius 3 is 2.58 bits per heavy atom. The van der Waals surface area contributed by atoms with Gasteiger partial charge in [0.1, 0.15) is 17.9 Å². The number of carboxylic acids is 1. The molecule has 0 heterocycles. The van der Waals surface area contributed by atoms with Gasteiger partial charge >= 0.3 is 12.1 Å². The van der Waals surface area contributed by atoms with Crippen molar-refractivity contribution in [2.45, 2.75) is 13.1 Å². The summed E-state index contributed by atoms with van der Waals surface area (Å²) in [5.74, 6) is -1.26. The average Bonchev–Trinajstić information content (AvgIpc) is 2.24. The highest BCUT2D eigenvalue weighted by molar-refractivity contribution is 9.10. The number of carbonyl (C=O) groups is 1. The van der Waals surface area contributed by atoms with Gasteiger partial charge in [-0.3, -0.25) is 0 Å². The third-order valence-corrected chi connectivity index (χ3v) is 2.48. The molecular formula is C11H10BrF3O4. The Hall–Kier alpha value is -1.28. The maximum atomic E-state index is 11.8. The lowest BCUT2D eigenvalue weighted by molar-refractivity contribution is -0.186. The Kier molecular flexibility index (Phi) is 5.19. The van der Waals surface area contributed by atoms with Crippen molar-refractivity contribution in [2.24, 2.45) is 0 Å². The fourth-order valence-electron chi connectivity index (χ4n) is 1.34. The predicted molar refractivity (Wildman–Crippen MR) is 63.3 cm³/mol. The first-order chi connectivity index (χ1) is 8.70. The van der Waals surface area contributed by atoms with Gasteiger partial charge in [-0.25, -0.2) is 4.79 Å². The number of alkyl halides is 3. The number of benzene rings is 1. The quantitative estimate of drug-likeness (QED) is 0.658. The van der Waals surface area contributed by atoms with Gasteiger partial charge in [0.05, 0.1) is 0 Å². The van der Waals surface area contributed by atoms with Crippen LogP contribution in [-0.4, -0.2) is 30.7 Å². The fourth-order valence-corrected chi connectivity index (χ4v) is 1.91. The number of aromatic carboxylic acids is 1. The smallest absolute Gasteiger partial charge is 0.411 e. The van der Waals surface area contributed by atoms with E-state index in [9.17, 15) is 18.0 Å².